The first-order chi connectivity index (χ1) is 24.1. The number of likely N-dealkylation sites (tertiary alicyclic amines) is 1. The second-order valence-corrected chi connectivity index (χ2v) is 14.1. The van der Waals surface area contributed by atoms with Gasteiger partial charge in [0.25, 0.3) is 5.56 Å². The lowest BCUT2D eigenvalue weighted by molar-refractivity contribution is -0.119. The van der Waals surface area contributed by atoms with Gasteiger partial charge in [0.05, 0.1) is 28.9 Å². The van der Waals surface area contributed by atoms with Crippen LogP contribution in [0.1, 0.15) is 48.4 Å². The molecule has 8 rings (SSSR count). The van der Waals surface area contributed by atoms with Gasteiger partial charge in [-0.2, -0.15) is 0 Å². The van der Waals surface area contributed by atoms with Crippen LogP contribution >= 0.6 is 11.6 Å². The lowest BCUT2D eigenvalue weighted by Crippen LogP contribution is -2.44. The van der Waals surface area contributed by atoms with Crippen molar-refractivity contribution in [2.75, 3.05) is 25.5 Å². The van der Waals surface area contributed by atoms with Crippen LogP contribution in [0.2, 0.25) is 5.02 Å². The van der Waals surface area contributed by atoms with Gasteiger partial charge >= 0.3 is 5.69 Å². The molecule has 0 saturated carbocycles. The highest BCUT2D eigenvalue weighted by atomic mass is 35.5. The van der Waals surface area contributed by atoms with E-state index < -0.39 is 11.2 Å². The van der Waals surface area contributed by atoms with Crippen LogP contribution < -0.4 is 26.6 Å². The van der Waals surface area contributed by atoms with Crippen molar-refractivity contribution in [3.63, 3.8) is 0 Å². The molecule has 50 heavy (non-hydrogen) atoms. The Kier molecular flexibility index (Phi) is 7.80. The van der Waals surface area contributed by atoms with Gasteiger partial charge in [0, 0.05) is 68.2 Å². The summed E-state index contributed by atoms with van der Waals surface area (Å²) < 4.78 is 8.47. The summed E-state index contributed by atoms with van der Waals surface area (Å²) in [5.41, 5.74) is 6.90. The Morgan fingerprint density at radius 3 is 2.56 bits per heavy atom. The van der Waals surface area contributed by atoms with Crippen molar-refractivity contribution in [3.8, 4) is 28.3 Å². The fourth-order valence-corrected chi connectivity index (χ4v) is 8.56. The number of aryl methyl sites for hydroxylation is 2. The maximum Gasteiger partial charge on any atom is 0.330 e. The molecule has 0 bridgehead atoms. The van der Waals surface area contributed by atoms with Crippen LogP contribution in [-0.4, -0.2) is 55.6 Å². The van der Waals surface area contributed by atoms with Crippen molar-refractivity contribution in [1.29, 1.82) is 0 Å². The Morgan fingerprint density at radius 1 is 1.00 bits per heavy atom. The number of hydrogen-bond donors (Lipinski definition) is 2. The largest absolute Gasteiger partial charge is 0.481 e. The molecule has 0 unspecified atom stereocenters. The number of nitrogens with one attached hydrogen (secondary N) is 2. The number of methoxy groups -OCH3 is 1. The highest BCUT2D eigenvalue weighted by molar-refractivity contribution is 6.36. The second kappa shape index (κ2) is 12.1. The summed E-state index contributed by atoms with van der Waals surface area (Å²) in [5, 5.41) is 7.51. The fourth-order valence-electron chi connectivity index (χ4n) is 8.24. The predicted molar refractivity (Wildman–Crippen MR) is 194 cm³/mol. The summed E-state index contributed by atoms with van der Waals surface area (Å²) in [6.07, 6.45) is 5.93. The van der Waals surface area contributed by atoms with Gasteiger partial charge in [-0.3, -0.25) is 23.6 Å². The van der Waals surface area contributed by atoms with Crippen molar-refractivity contribution in [1.82, 2.24) is 29.3 Å². The number of benzene rings is 2. The van der Waals surface area contributed by atoms with E-state index in [2.05, 4.69) is 26.6 Å². The molecular weight excluding hydrogens is 654 g/mol. The Balaban J connectivity index is 1.13. The third-order valence-corrected chi connectivity index (χ3v) is 11.3. The minimum Gasteiger partial charge on any atom is -0.481 e. The molecule has 2 aliphatic heterocycles. The average Bonchev–Trinajstić information content (AvgIpc) is 3.84. The van der Waals surface area contributed by atoms with Crippen molar-refractivity contribution in [3.05, 3.63) is 97.3 Å². The maximum absolute atomic E-state index is 13.2. The number of halogens is 1. The summed E-state index contributed by atoms with van der Waals surface area (Å²) in [5.74, 6) is 1.14. The molecule has 2 aromatic carbocycles. The van der Waals surface area contributed by atoms with Crippen LogP contribution in [0.3, 0.4) is 0 Å². The SMILES string of the molecule is COc1nc(-c2cccc(-c3cccc(Nc4nccc5c4c(=O)n(C)c(=O)n5C)c3C)c2Cl)cc2c1[C@H](N1CC[C@]3(CCC(=O)N3)C1)CC2. The van der Waals surface area contributed by atoms with E-state index in [4.69, 9.17) is 21.3 Å². The molecule has 256 valence electrons. The molecule has 1 spiro atoms. The third kappa shape index (κ3) is 5.10. The predicted octanol–water partition coefficient (Wildman–Crippen LogP) is 5.42. The van der Waals surface area contributed by atoms with Gasteiger partial charge in [-0.05, 0) is 67.5 Å². The number of amides is 1. The zero-order valence-electron chi connectivity index (χ0n) is 28.5. The average molecular weight is 692 g/mol. The number of rotatable bonds is 6. The molecule has 2 N–H and O–H groups in total. The summed E-state index contributed by atoms with van der Waals surface area (Å²) in [6.45, 7) is 3.78. The van der Waals surface area contributed by atoms with Gasteiger partial charge < -0.3 is 15.4 Å². The van der Waals surface area contributed by atoms with E-state index in [9.17, 15) is 14.4 Å². The number of fused-ring (bicyclic) bond motifs is 2. The summed E-state index contributed by atoms with van der Waals surface area (Å²) in [4.78, 5) is 49.8. The lowest BCUT2D eigenvalue weighted by Gasteiger charge is -2.28. The number of carbonyl (C=O) groups excluding carboxylic acids is 1. The Hall–Kier alpha value is -5.00. The van der Waals surface area contributed by atoms with Crippen LogP contribution in [0.15, 0.2) is 64.3 Å². The Morgan fingerprint density at radius 2 is 1.78 bits per heavy atom. The molecule has 11 nitrogen and oxygen atoms in total. The van der Waals surface area contributed by atoms with E-state index in [0.29, 0.717) is 34.0 Å². The zero-order valence-corrected chi connectivity index (χ0v) is 29.2. The van der Waals surface area contributed by atoms with E-state index in [0.717, 1.165) is 82.5 Å². The lowest BCUT2D eigenvalue weighted by atomic mass is 9.96. The van der Waals surface area contributed by atoms with Gasteiger partial charge in [0.2, 0.25) is 11.8 Å². The van der Waals surface area contributed by atoms with Gasteiger partial charge in [0.1, 0.15) is 11.2 Å². The van der Waals surface area contributed by atoms with Gasteiger partial charge in [-0.15, -0.1) is 0 Å². The molecule has 5 aromatic rings. The molecule has 0 radical (unpaired) electrons. The number of anilines is 2. The Bertz CT molecular complexity index is 2350. The first kappa shape index (κ1) is 32.2. The molecule has 1 aliphatic carbocycles. The minimum absolute atomic E-state index is 0.109. The van der Waals surface area contributed by atoms with Gasteiger partial charge in [-0.1, -0.05) is 41.9 Å². The number of aromatic nitrogens is 4. The number of ether oxygens (including phenoxy) is 1. The molecular formula is C38H38ClN7O4. The number of nitrogens with zero attached hydrogens (tertiary/aromatic N) is 5. The molecule has 2 atom stereocenters. The highest BCUT2D eigenvalue weighted by Crippen LogP contribution is 2.47. The molecule has 3 aliphatic rings. The third-order valence-electron chi connectivity index (χ3n) is 10.9. The summed E-state index contributed by atoms with van der Waals surface area (Å²) in [6, 6.07) is 15.8. The normalized spacial score (nSPS) is 20.1. The molecule has 2 fully saturated rings. The Labute approximate surface area is 293 Å². The standard InChI is InChI=1S/C38H38ClN7O4/c1-21-23(7-6-10-26(21)41-34-32-28(14-17-40-34)44(2)37(49)45(3)36(32)48)24-8-5-9-25(33(24)39)27-19-22-11-12-29(31(22)35(42-27)50-4)46-18-16-38(20-46)15-13-30(47)43-38/h5-10,14,17,19,29H,11-13,15-16,18,20H2,1-4H3,(H,40,41)(H,43,47)/t29-,38-/m1/s1. The van der Waals surface area contributed by atoms with Crippen molar-refractivity contribution in [2.24, 2.45) is 14.1 Å². The molecule has 5 heterocycles. The molecule has 3 aromatic heterocycles. The van der Waals surface area contributed by atoms with Crippen LogP contribution in [0.25, 0.3) is 33.3 Å². The van der Waals surface area contributed by atoms with Gasteiger partial charge in [-0.25, -0.2) is 14.8 Å². The number of carbonyl (C=O) groups is 1. The van der Waals surface area contributed by atoms with Crippen molar-refractivity contribution < 1.29 is 9.53 Å². The zero-order chi connectivity index (χ0) is 34.9. The smallest absolute Gasteiger partial charge is 0.330 e. The quantitative estimate of drug-likeness (QED) is 0.242. The maximum atomic E-state index is 13.2. The first-order valence-electron chi connectivity index (χ1n) is 16.9. The minimum atomic E-state index is -0.418. The highest BCUT2D eigenvalue weighted by Gasteiger charge is 2.46. The summed E-state index contributed by atoms with van der Waals surface area (Å²) in [7, 11) is 4.77. The van der Waals surface area contributed by atoms with Crippen LogP contribution in [0.5, 0.6) is 5.88 Å². The van der Waals surface area contributed by atoms with E-state index in [1.165, 1.54) is 17.2 Å². The van der Waals surface area contributed by atoms with Crippen LogP contribution in [-0.2, 0) is 25.3 Å². The van der Waals surface area contributed by atoms with E-state index in [1.54, 1.807) is 26.4 Å². The van der Waals surface area contributed by atoms with E-state index in [1.807, 2.05) is 43.3 Å². The van der Waals surface area contributed by atoms with E-state index >= 15 is 0 Å². The van der Waals surface area contributed by atoms with Crippen molar-refractivity contribution >= 4 is 39.9 Å². The fraction of sp³-hybridized carbons (Fsp3) is 0.342. The molecule has 12 heteroatoms. The van der Waals surface area contributed by atoms with Crippen LogP contribution in [0, 0.1) is 6.92 Å². The molecule has 1 amide bonds. The second-order valence-electron chi connectivity index (χ2n) is 13.7. The monoisotopic (exact) mass is 691 g/mol. The molecule has 2 saturated heterocycles. The van der Waals surface area contributed by atoms with Gasteiger partial charge in [0.15, 0.2) is 0 Å². The van der Waals surface area contributed by atoms with Crippen molar-refractivity contribution in [2.45, 2.75) is 50.6 Å². The number of pyridine rings is 2. The van der Waals surface area contributed by atoms with E-state index in [-0.39, 0.29) is 17.5 Å². The summed E-state index contributed by atoms with van der Waals surface area (Å²) >= 11 is 7.24. The topological polar surface area (TPSA) is 123 Å². The number of hydrogen-bond acceptors (Lipinski definition) is 8. The van der Waals surface area contributed by atoms with Crippen LogP contribution in [0.4, 0.5) is 11.5 Å². The first-order valence-corrected chi connectivity index (χ1v) is 17.3.